The van der Waals surface area contributed by atoms with Crippen LogP contribution >= 0.6 is 0 Å². The average Bonchev–Trinajstić information content (AvgIpc) is 3.88. The lowest BCUT2D eigenvalue weighted by molar-refractivity contribution is 0.590. The summed E-state index contributed by atoms with van der Waals surface area (Å²) in [5.74, 6) is 0. The first-order chi connectivity index (χ1) is 29.0. The van der Waals surface area contributed by atoms with Crippen molar-refractivity contribution in [3.63, 3.8) is 0 Å². The Hall–Kier alpha value is -6.90. The highest BCUT2D eigenvalue weighted by Gasteiger charge is 2.25. The van der Waals surface area contributed by atoms with Gasteiger partial charge in [-0.15, -0.1) is 0 Å². The van der Waals surface area contributed by atoms with Crippen molar-refractivity contribution in [1.82, 2.24) is 8.97 Å². The Morgan fingerprint density at radius 1 is 0.333 bits per heavy atom. The van der Waals surface area contributed by atoms with E-state index in [-0.39, 0.29) is 10.8 Å². The van der Waals surface area contributed by atoms with Gasteiger partial charge in [0.15, 0.2) is 0 Å². The van der Waals surface area contributed by atoms with Crippen molar-refractivity contribution < 1.29 is 0 Å². The highest BCUT2D eigenvalue weighted by Crippen LogP contribution is 2.48. The van der Waals surface area contributed by atoms with Crippen LogP contribution in [0.2, 0.25) is 0 Å². The fraction of sp³-hybridized carbons (Fsp3) is 0.138. The minimum absolute atomic E-state index is 0.117. The van der Waals surface area contributed by atoms with E-state index in [0.717, 1.165) is 0 Å². The van der Waals surface area contributed by atoms with Crippen LogP contribution < -0.4 is 0 Å². The molecular weight excluding hydrogens is 725 g/mol. The van der Waals surface area contributed by atoms with Gasteiger partial charge in [0.1, 0.15) is 0 Å². The van der Waals surface area contributed by atoms with Crippen LogP contribution in [0.5, 0.6) is 0 Å². The molecule has 0 saturated heterocycles. The molecule has 60 heavy (non-hydrogen) atoms. The smallest absolute Gasteiger partial charge is 0.0628 e. The van der Waals surface area contributed by atoms with Gasteiger partial charge in [-0.05, 0) is 126 Å². The summed E-state index contributed by atoms with van der Waals surface area (Å²) >= 11 is 0. The van der Waals surface area contributed by atoms with Gasteiger partial charge in [0.05, 0.1) is 27.6 Å². The SMILES string of the molecule is CC(C)(C)c1ccc(-c2ccc3cc4c5cc6c(c7ccccc7n6-c6ccccc6)c6c7cc8ccc(-c9ccc(C(C)(C)C)cc9)cc8cc7n(c4cc3c2)c56)cc1. The molecule has 0 amide bonds. The van der Waals surface area contributed by atoms with Crippen molar-refractivity contribution in [2.24, 2.45) is 0 Å². The Bertz CT molecular complexity index is 3680. The second-order valence-corrected chi connectivity index (χ2v) is 19.1. The molecule has 9 aromatic carbocycles. The highest BCUT2D eigenvalue weighted by molar-refractivity contribution is 6.37. The Balaban J connectivity index is 1.17. The van der Waals surface area contributed by atoms with Gasteiger partial charge >= 0.3 is 0 Å². The molecule has 0 aliphatic carbocycles. The predicted molar refractivity (Wildman–Crippen MR) is 259 cm³/mol. The molecule has 0 aliphatic heterocycles. The van der Waals surface area contributed by atoms with Crippen LogP contribution in [0.4, 0.5) is 0 Å². The number of fused-ring (bicyclic) bond motifs is 12. The van der Waals surface area contributed by atoms with Gasteiger partial charge in [0.25, 0.3) is 0 Å². The zero-order valence-corrected chi connectivity index (χ0v) is 35.1. The molecule has 0 bridgehead atoms. The lowest BCUT2D eigenvalue weighted by Gasteiger charge is -2.19. The summed E-state index contributed by atoms with van der Waals surface area (Å²) in [6, 6.07) is 64.3. The van der Waals surface area contributed by atoms with Gasteiger partial charge in [0, 0.05) is 38.0 Å². The van der Waals surface area contributed by atoms with E-state index < -0.39 is 0 Å². The third-order valence-electron chi connectivity index (χ3n) is 13.3. The molecule has 0 saturated carbocycles. The molecule has 0 radical (unpaired) electrons. The van der Waals surface area contributed by atoms with Crippen molar-refractivity contribution in [3.8, 4) is 27.9 Å². The number of hydrogen-bond acceptors (Lipinski definition) is 0. The van der Waals surface area contributed by atoms with E-state index in [9.17, 15) is 0 Å². The minimum atomic E-state index is 0.117. The van der Waals surface area contributed by atoms with Gasteiger partial charge in [-0.3, -0.25) is 0 Å². The Kier molecular flexibility index (Phi) is 7.20. The van der Waals surface area contributed by atoms with Crippen LogP contribution in [0.3, 0.4) is 0 Å². The fourth-order valence-electron chi connectivity index (χ4n) is 10.1. The van der Waals surface area contributed by atoms with Crippen LogP contribution in [-0.2, 0) is 10.8 Å². The first-order valence-corrected chi connectivity index (χ1v) is 21.3. The van der Waals surface area contributed by atoms with Crippen molar-refractivity contribution >= 4 is 81.4 Å². The number of rotatable bonds is 3. The molecule has 0 unspecified atom stereocenters. The quantitative estimate of drug-likeness (QED) is 0.169. The van der Waals surface area contributed by atoms with E-state index >= 15 is 0 Å². The summed E-state index contributed by atoms with van der Waals surface area (Å²) in [5.41, 5.74) is 15.3. The Morgan fingerprint density at radius 2 is 0.850 bits per heavy atom. The van der Waals surface area contributed by atoms with Gasteiger partial charge in [-0.2, -0.15) is 0 Å². The van der Waals surface area contributed by atoms with Crippen LogP contribution in [0.1, 0.15) is 52.7 Å². The van der Waals surface area contributed by atoms with Crippen LogP contribution in [-0.4, -0.2) is 8.97 Å². The van der Waals surface area contributed by atoms with Gasteiger partial charge in [-0.1, -0.05) is 151 Å². The van der Waals surface area contributed by atoms with Crippen LogP contribution in [0.15, 0.2) is 170 Å². The monoisotopic (exact) mass is 770 g/mol. The third-order valence-corrected chi connectivity index (χ3v) is 13.3. The zero-order chi connectivity index (χ0) is 40.7. The maximum absolute atomic E-state index is 2.58. The molecule has 12 rings (SSSR count). The topological polar surface area (TPSA) is 9.34 Å². The number of hydrogen-bond donors (Lipinski definition) is 0. The van der Waals surface area contributed by atoms with E-state index in [0.29, 0.717) is 0 Å². The summed E-state index contributed by atoms with van der Waals surface area (Å²) in [5, 5.41) is 12.8. The van der Waals surface area contributed by atoms with Gasteiger partial charge in [0.2, 0.25) is 0 Å². The molecule has 2 nitrogen and oxygen atoms in total. The molecule has 0 aliphatic rings. The molecule has 0 N–H and O–H groups in total. The van der Waals surface area contributed by atoms with Gasteiger partial charge in [-0.25, -0.2) is 0 Å². The summed E-state index contributed by atoms with van der Waals surface area (Å²) in [6.45, 7) is 13.7. The largest absolute Gasteiger partial charge is 0.309 e. The van der Waals surface area contributed by atoms with Crippen LogP contribution in [0.25, 0.3) is 109 Å². The third kappa shape index (κ3) is 5.13. The highest BCUT2D eigenvalue weighted by atomic mass is 15.0. The van der Waals surface area contributed by atoms with Gasteiger partial charge < -0.3 is 8.97 Å². The number of nitrogens with zero attached hydrogens (tertiary/aromatic N) is 2. The van der Waals surface area contributed by atoms with Crippen molar-refractivity contribution in [2.45, 2.75) is 52.4 Å². The summed E-state index contributed by atoms with van der Waals surface area (Å²) < 4.78 is 5.05. The molecule has 3 heterocycles. The van der Waals surface area contributed by atoms with E-state index in [4.69, 9.17) is 0 Å². The standard InChI is InChI=1S/C58H46N2/c1-57(2,3)43-24-20-35(21-25-43)37-16-18-39-30-47-48-34-53-54(46-14-10-11-15-50(46)59(53)45-12-8-7-9-13-45)55-49-31-40-19-17-38(36-22-26-44(27-23-36)58(4,5)6)29-42(40)33-52(49)60(56(48)55)51(47)32-41(39)28-37/h7-34H,1-6H3. The number of aromatic nitrogens is 2. The number of para-hydroxylation sites is 2. The summed E-state index contributed by atoms with van der Waals surface area (Å²) in [4.78, 5) is 0. The predicted octanol–water partition coefficient (Wildman–Crippen LogP) is 16.2. The second-order valence-electron chi connectivity index (χ2n) is 19.1. The molecule has 2 heteroatoms. The summed E-state index contributed by atoms with van der Waals surface area (Å²) in [6.07, 6.45) is 0. The minimum Gasteiger partial charge on any atom is -0.309 e. The molecule has 0 spiro atoms. The zero-order valence-electron chi connectivity index (χ0n) is 35.1. The van der Waals surface area contributed by atoms with Crippen molar-refractivity contribution in [2.75, 3.05) is 0 Å². The lowest BCUT2D eigenvalue weighted by atomic mass is 9.86. The first kappa shape index (κ1) is 35.1. The van der Waals surface area contributed by atoms with E-state index in [1.165, 1.54) is 121 Å². The van der Waals surface area contributed by atoms with Crippen molar-refractivity contribution in [1.29, 1.82) is 0 Å². The normalized spacial score (nSPS) is 12.8. The maximum atomic E-state index is 2.58. The van der Waals surface area contributed by atoms with E-state index in [2.05, 4.69) is 220 Å². The Morgan fingerprint density at radius 3 is 1.43 bits per heavy atom. The Labute approximate surface area is 350 Å². The summed E-state index contributed by atoms with van der Waals surface area (Å²) in [7, 11) is 0. The van der Waals surface area contributed by atoms with Crippen molar-refractivity contribution in [3.05, 3.63) is 181 Å². The molecule has 0 atom stereocenters. The molecule has 3 aromatic heterocycles. The molecular formula is C58H46N2. The number of benzene rings is 9. The second kappa shape index (κ2) is 12.3. The maximum Gasteiger partial charge on any atom is 0.0628 e. The van der Waals surface area contributed by atoms with Crippen LogP contribution in [0, 0.1) is 0 Å². The molecule has 288 valence electrons. The van der Waals surface area contributed by atoms with E-state index in [1.807, 2.05) is 0 Å². The average molecular weight is 771 g/mol. The first-order valence-electron chi connectivity index (χ1n) is 21.3. The van der Waals surface area contributed by atoms with E-state index in [1.54, 1.807) is 0 Å². The molecule has 12 aromatic rings. The lowest BCUT2D eigenvalue weighted by Crippen LogP contribution is -2.10. The fourth-order valence-corrected chi connectivity index (χ4v) is 10.1. The molecule has 0 fully saturated rings.